The Labute approximate surface area is 171 Å². The van der Waals surface area contributed by atoms with Crippen molar-refractivity contribution >= 4 is 17.3 Å². The van der Waals surface area contributed by atoms with E-state index in [1.54, 1.807) is 0 Å². The zero-order valence-corrected chi connectivity index (χ0v) is 16.2. The first-order valence-electron chi connectivity index (χ1n) is 8.00. The number of carbonyl (C=O) groups excluding carboxylic acids is 1. The standard InChI is InChI=1S/C16H10F8N4O2S/c1-27-12(10(15(19,20)21)11(26-27)14(17,18)16(22,23)24)28-5-8(4-25-28)9-3-7(6-31-9)13(29)30-2/h3-6H,1-2H3. The molecule has 0 fully saturated rings. The second-order valence-corrected chi connectivity index (χ2v) is 7.02. The summed E-state index contributed by atoms with van der Waals surface area (Å²) in [7, 11) is 1.93. The molecule has 0 spiro atoms. The van der Waals surface area contributed by atoms with Crippen LogP contribution in [0.3, 0.4) is 0 Å². The van der Waals surface area contributed by atoms with Gasteiger partial charge in [-0.1, -0.05) is 0 Å². The highest BCUT2D eigenvalue weighted by molar-refractivity contribution is 7.13. The topological polar surface area (TPSA) is 61.9 Å². The maximum absolute atomic E-state index is 13.8. The van der Waals surface area contributed by atoms with Crippen LogP contribution in [-0.4, -0.2) is 38.8 Å². The van der Waals surface area contributed by atoms with Gasteiger partial charge in [0.05, 0.1) is 18.9 Å². The van der Waals surface area contributed by atoms with E-state index in [1.165, 1.54) is 11.4 Å². The third-order valence-electron chi connectivity index (χ3n) is 4.06. The zero-order valence-electron chi connectivity index (χ0n) is 15.3. The minimum atomic E-state index is -6.30. The molecule has 0 unspecified atom stereocenters. The fourth-order valence-electron chi connectivity index (χ4n) is 2.67. The number of thiophene rings is 1. The maximum atomic E-state index is 13.8. The minimum Gasteiger partial charge on any atom is -0.465 e. The molecule has 15 heteroatoms. The molecule has 3 aromatic rings. The molecule has 0 aromatic carbocycles. The molecule has 0 atom stereocenters. The summed E-state index contributed by atoms with van der Waals surface area (Å²) in [5, 5.41) is 7.88. The fourth-order valence-corrected chi connectivity index (χ4v) is 3.53. The van der Waals surface area contributed by atoms with Crippen LogP contribution in [0.1, 0.15) is 21.6 Å². The van der Waals surface area contributed by atoms with E-state index < -0.39 is 41.3 Å². The molecule has 3 rings (SSSR count). The van der Waals surface area contributed by atoms with Crippen molar-refractivity contribution in [2.45, 2.75) is 18.3 Å². The lowest BCUT2D eigenvalue weighted by Crippen LogP contribution is -2.36. The van der Waals surface area contributed by atoms with E-state index in [1.807, 2.05) is 0 Å². The van der Waals surface area contributed by atoms with Gasteiger partial charge in [-0.3, -0.25) is 0 Å². The molecule has 31 heavy (non-hydrogen) atoms. The highest BCUT2D eigenvalue weighted by atomic mass is 32.1. The molecule has 0 aliphatic carbocycles. The molecule has 3 heterocycles. The van der Waals surface area contributed by atoms with Crippen LogP contribution in [0, 0.1) is 0 Å². The van der Waals surface area contributed by atoms with Crippen LogP contribution in [0.5, 0.6) is 0 Å². The third kappa shape index (κ3) is 3.88. The van der Waals surface area contributed by atoms with Crippen LogP contribution in [0.2, 0.25) is 0 Å². The summed E-state index contributed by atoms with van der Waals surface area (Å²) in [6.07, 6.45) is -9.86. The predicted molar refractivity (Wildman–Crippen MR) is 89.9 cm³/mol. The summed E-state index contributed by atoms with van der Waals surface area (Å²) in [6.45, 7) is 0. The molecule has 6 nitrogen and oxygen atoms in total. The van der Waals surface area contributed by atoms with Gasteiger partial charge in [-0.15, -0.1) is 11.3 Å². The SMILES string of the molecule is COC(=O)c1csc(-c2cnn(-c3c(C(F)(F)F)c(C(F)(F)C(F)(F)F)nn3C)c2)c1. The monoisotopic (exact) mass is 474 g/mol. The second kappa shape index (κ2) is 7.32. The summed E-state index contributed by atoms with van der Waals surface area (Å²) in [4.78, 5) is 11.9. The van der Waals surface area contributed by atoms with E-state index in [2.05, 4.69) is 14.9 Å². The van der Waals surface area contributed by atoms with Gasteiger partial charge in [-0.05, 0) is 6.07 Å². The van der Waals surface area contributed by atoms with E-state index in [0.29, 0.717) is 9.56 Å². The van der Waals surface area contributed by atoms with Gasteiger partial charge in [0.25, 0.3) is 0 Å². The number of rotatable bonds is 4. The normalized spacial score (nSPS) is 13.0. The molecule has 3 aromatic heterocycles. The molecule has 0 saturated carbocycles. The largest absolute Gasteiger partial charge is 0.465 e. The number of aryl methyl sites for hydroxylation is 1. The lowest BCUT2D eigenvalue weighted by Gasteiger charge is -2.19. The summed E-state index contributed by atoms with van der Waals surface area (Å²) in [6, 6.07) is 1.36. The second-order valence-electron chi connectivity index (χ2n) is 6.11. The Morgan fingerprint density at radius 2 is 1.77 bits per heavy atom. The maximum Gasteiger partial charge on any atom is 0.459 e. The lowest BCUT2D eigenvalue weighted by molar-refractivity contribution is -0.292. The summed E-state index contributed by atoms with van der Waals surface area (Å²) in [5.74, 6) is -7.66. The molecular weight excluding hydrogens is 464 g/mol. The van der Waals surface area contributed by atoms with E-state index in [0.717, 1.165) is 37.9 Å². The molecule has 168 valence electrons. The van der Waals surface area contributed by atoms with Crippen molar-refractivity contribution in [3.8, 4) is 16.3 Å². The van der Waals surface area contributed by atoms with Crippen molar-refractivity contribution in [2.75, 3.05) is 7.11 Å². The van der Waals surface area contributed by atoms with Crippen LogP contribution in [0.4, 0.5) is 35.1 Å². The quantitative estimate of drug-likeness (QED) is 0.403. The van der Waals surface area contributed by atoms with Crippen molar-refractivity contribution in [3.05, 3.63) is 40.7 Å². The number of hydrogen-bond donors (Lipinski definition) is 0. The van der Waals surface area contributed by atoms with Gasteiger partial charge in [0.1, 0.15) is 5.56 Å². The van der Waals surface area contributed by atoms with Crippen molar-refractivity contribution in [1.29, 1.82) is 0 Å². The Kier molecular flexibility index (Phi) is 5.36. The Bertz CT molecular complexity index is 1130. The van der Waals surface area contributed by atoms with Gasteiger partial charge >= 0.3 is 24.2 Å². The summed E-state index contributed by atoms with van der Waals surface area (Å²) < 4.78 is 112. The number of aromatic nitrogens is 4. The number of halogens is 8. The van der Waals surface area contributed by atoms with Gasteiger partial charge in [0.2, 0.25) is 0 Å². The van der Waals surface area contributed by atoms with Gasteiger partial charge in [-0.2, -0.15) is 45.3 Å². The zero-order chi connectivity index (χ0) is 23.4. The van der Waals surface area contributed by atoms with Gasteiger partial charge in [0, 0.05) is 29.1 Å². The molecule has 0 aliphatic heterocycles. The number of ether oxygens (including phenoxy) is 1. The highest BCUT2D eigenvalue weighted by Crippen LogP contribution is 2.49. The Balaban J connectivity index is 2.15. The van der Waals surface area contributed by atoms with Gasteiger partial charge < -0.3 is 4.74 Å². The van der Waals surface area contributed by atoms with Gasteiger partial charge in [-0.25, -0.2) is 14.2 Å². The molecular formula is C16H10F8N4O2S. The van der Waals surface area contributed by atoms with Crippen LogP contribution >= 0.6 is 11.3 Å². The first-order valence-corrected chi connectivity index (χ1v) is 8.88. The summed E-state index contributed by atoms with van der Waals surface area (Å²) in [5.41, 5.74) is -4.42. The molecule has 0 bridgehead atoms. The fraction of sp³-hybridized carbons (Fsp3) is 0.312. The van der Waals surface area contributed by atoms with E-state index in [-0.39, 0.29) is 15.8 Å². The van der Waals surface area contributed by atoms with E-state index >= 15 is 0 Å². The summed E-state index contributed by atoms with van der Waals surface area (Å²) >= 11 is 1.01. The molecule has 0 aliphatic rings. The van der Waals surface area contributed by atoms with Crippen molar-refractivity contribution < 1.29 is 44.7 Å². The molecule has 0 radical (unpaired) electrons. The number of alkyl halides is 8. The van der Waals surface area contributed by atoms with Crippen LogP contribution < -0.4 is 0 Å². The third-order valence-corrected chi connectivity index (χ3v) is 5.04. The number of esters is 1. The van der Waals surface area contributed by atoms with E-state index in [4.69, 9.17) is 0 Å². The number of carbonyl (C=O) groups is 1. The molecule has 0 amide bonds. The Morgan fingerprint density at radius 3 is 2.32 bits per heavy atom. The average Bonchev–Trinajstić information content (AvgIpc) is 3.36. The van der Waals surface area contributed by atoms with Crippen LogP contribution in [-0.2, 0) is 23.9 Å². The first kappa shape index (κ1) is 22.7. The first-order chi connectivity index (χ1) is 14.2. The molecule has 0 N–H and O–H groups in total. The van der Waals surface area contributed by atoms with Crippen molar-refractivity contribution in [2.24, 2.45) is 7.05 Å². The number of nitrogens with zero attached hydrogens (tertiary/aromatic N) is 4. The van der Waals surface area contributed by atoms with Crippen molar-refractivity contribution in [1.82, 2.24) is 19.6 Å². The van der Waals surface area contributed by atoms with Crippen LogP contribution in [0.25, 0.3) is 16.3 Å². The van der Waals surface area contributed by atoms with Crippen LogP contribution in [0.15, 0.2) is 23.8 Å². The lowest BCUT2D eigenvalue weighted by atomic mass is 10.1. The Morgan fingerprint density at radius 1 is 1.13 bits per heavy atom. The smallest absolute Gasteiger partial charge is 0.459 e. The molecule has 0 saturated heterocycles. The Hall–Kier alpha value is -2.97. The van der Waals surface area contributed by atoms with Gasteiger partial charge in [0.15, 0.2) is 11.5 Å². The predicted octanol–water partition coefficient (Wildman–Crippen LogP) is 4.79. The van der Waals surface area contributed by atoms with Crippen molar-refractivity contribution in [3.63, 3.8) is 0 Å². The average molecular weight is 474 g/mol. The number of methoxy groups -OCH3 is 1. The highest BCUT2D eigenvalue weighted by Gasteiger charge is 2.64. The number of hydrogen-bond acceptors (Lipinski definition) is 5. The van der Waals surface area contributed by atoms with E-state index in [9.17, 15) is 39.9 Å². The minimum absolute atomic E-state index is 0.152.